The minimum Gasteiger partial charge on any atom is -0.494 e. The van der Waals surface area contributed by atoms with E-state index >= 15 is 0 Å². The molecule has 2 aromatic rings. The van der Waals surface area contributed by atoms with Crippen LogP contribution in [0.25, 0.3) is 0 Å². The number of ether oxygens (including phenoxy) is 1. The van der Waals surface area contributed by atoms with Crippen LogP contribution in [0.1, 0.15) is 29.3 Å². The second-order valence-corrected chi connectivity index (χ2v) is 5.70. The lowest BCUT2D eigenvalue weighted by Crippen LogP contribution is -2.75. The molecular formula is C17H18BrN2O3+. The van der Waals surface area contributed by atoms with E-state index in [4.69, 9.17) is 15.3 Å². The van der Waals surface area contributed by atoms with E-state index in [1.54, 1.807) is 36.4 Å². The predicted molar refractivity (Wildman–Crippen MR) is 91.0 cm³/mol. The molecule has 0 saturated carbocycles. The molecule has 0 aromatic heterocycles. The van der Waals surface area contributed by atoms with E-state index in [0.717, 1.165) is 22.2 Å². The molecule has 0 amide bonds. The number of nitrogens with two attached hydrogens (primary N) is 1. The molecule has 120 valence electrons. The normalized spacial score (nSPS) is 11.1. The van der Waals surface area contributed by atoms with E-state index in [9.17, 15) is 4.79 Å². The third kappa shape index (κ3) is 5.10. The number of amidine groups is 1. The molecule has 3 N–H and O–H groups in total. The summed E-state index contributed by atoms with van der Waals surface area (Å²) in [4.78, 5) is 16.9. The Morgan fingerprint density at radius 2 is 1.70 bits per heavy atom. The van der Waals surface area contributed by atoms with Crippen LogP contribution in [0.4, 0.5) is 0 Å². The molecule has 0 atom stereocenters. The summed E-state index contributed by atoms with van der Waals surface area (Å²) in [6, 6.07) is 14.1. The summed E-state index contributed by atoms with van der Waals surface area (Å²) in [5.41, 5.74) is 6.98. The van der Waals surface area contributed by atoms with Crippen LogP contribution in [-0.2, 0) is 4.84 Å². The van der Waals surface area contributed by atoms with Gasteiger partial charge in [-0.05, 0) is 55.0 Å². The fourth-order valence-electron chi connectivity index (χ4n) is 1.76. The van der Waals surface area contributed by atoms with Crippen molar-refractivity contribution in [3.8, 4) is 5.75 Å². The van der Waals surface area contributed by atoms with Crippen molar-refractivity contribution in [3.05, 3.63) is 64.1 Å². The Kier molecular flexibility index (Phi) is 6.17. The molecule has 0 unspecified atom stereocenters. The molecule has 2 aromatic carbocycles. The maximum Gasteiger partial charge on any atom is 0.387 e. The molecule has 0 aliphatic rings. The minimum atomic E-state index is -0.521. The third-order valence-corrected chi connectivity index (χ3v) is 3.50. The van der Waals surface area contributed by atoms with Crippen molar-refractivity contribution in [2.45, 2.75) is 13.3 Å². The molecule has 0 fully saturated rings. The highest BCUT2D eigenvalue weighted by atomic mass is 79.9. The summed E-state index contributed by atoms with van der Waals surface area (Å²) in [7, 11) is 0. The Morgan fingerprint density at radius 1 is 1.09 bits per heavy atom. The molecule has 5 nitrogen and oxygen atoms in total. The summed E-state index contributed by atoms with van der Waals surface area (Å²) >= 11 is 3.34. The molecule has 0 heterocycles. The summed E-state index contributed by atoms with van der Waals surface area (Å²) in [5.74, 6) is 0.457. The SMILES string of the molecule is CCCOc1ccc(C(=O)O[NH+]=C(N)c2ccc(Br)cc2)cc1. The fraction of sp³-hybridized carbons (Fsp3) is 0.176. The molecule has 0 radical (unpaired) electrons. The first-order valence-electron chi connectivity index (χ1n) is 7.18. The van der Waals surface area contributed by atoms with Gasteiger partial charge >= 0.3 is 11.8 Å². The molecular weight excluding hydrogens is 360 g/mol. The van der Waals surface area contributed by atoms with Gasteiger partial charge in [0.15, 0.2) is 0 Å². The lowest BCUT2D eigenvalue weighted by atomic mass is 10.2. The Balaban J connectivity index is 1.98. The van der Waals surface area contributed by atoms with Crippen LogP contribution in [0.5, 0.6) is 5.75 Å². The first-order chi connectivity index (χ1) is 11.1. The maximum atomic E-state index is 12.0. The number of nitrogens with one attached hydrogen (secondary N) is 1. The van der Waals surface area contributed by atoms with Gasteiger partial charge in [0.05, 0.1) is 17.7 Å². The molecule has 0 saturated heterocycles. The zero-order chi connectivity index (χ0) is 16.7. The van der Waals surface area contributed by atoms with Crippen molar-refractivity contribution in [2.75, 3.05) is 6.61 Å². The zero-order valence-electron chi connectivity index (χ0n) is 12.7. The highest BCUT2D eigenvalue weighted by molar-refractivity contribution is 9.10. The van der Waals surface area contributed by atoms with Gasteiger partial charge in [0.1, 0.15) is 5.75 Å². The Labute approximate surface area is 143 Å². The monoisotopic (exact) mass is 377 g/mol. The first-order valence-corrected chi connectivity index (χ1v) is 7.98. The lowest BCUT2D eigenvalue weighted by Gasteiger charge is -2.04. The predicted octanol–water partition coefficient (Wildman–Crippen LogP) is 1.80. The second kappa shape index (κ2) is 8.33. The van der Waals surface area contributed by atoms with Gasteiger partial charge in [-0.3, -0.25) is 10.6 Å². The van der Waals surface area contributed by atoms with E-state index in [-0.39, 0.29) is 5.84 Å². The van der Waals surface area contributed by atoms with Gasteiger partial charge in [0, 0.05) is 4.47 Å². The molecule has 23 heavy (non-hydrogen) atoms. The van der Waals surface area contributed by atoms with Crippen LogP contribution in [0, 0.1) is 0 Å². The number of carbonyl (C=O) groups is 1. The van der Waals surface area contributed by atoms with Crippen LogP contribution in [0.2, 0.25) is 0 Å². The number of hydrogen-bond acceptors (Lipinski definition) is 3. The number of halogens is 1. The van der Waals surface area contributed by atoms with E-state index < -0.39 is 5.97 Å². The number of hydrogen-bond donors (Lipinski definition) is 2. The lowest BCUT2D eigenvalue weighted by molar-refractivity contribution is -0.721. The Bertz CT molecular complexity index is 682. The number of nitrogen functional groups attached to an aromatic ring is 1. The minimum absolute atomic E-state index is 0.258. The molecule has 6 heteroatoms. The highest BCUT2D eigenvalue weighted by Crippen LogP contribution is 2.12. The Hall–Kier alpha value is -2.34. The quantitative estimate of drug-likeness (QED) is 0.348. The van der Waals surface area contributed by atoms with E-state index in [2.05, 4.69) is 21.1 Å². The van der Waals surface area contributed by atoms with Gasteiger partial charge in [-0.15, -0.1) is 0 Å². The number of rotatable bonds is 6. The van der Waals surface area contributed by atoms with Crippen LogP contribution in [0.3, 0.4) is 0 Å². The van der Waals surface area contributed by atoms with Crippen LogP contribution >= 0.6 is 15.9 Å². The smallest absolute Gasteiger partial charge is 0.387 e. The summed E-state index contributed by atoms with van der Waals surface area (Å²) in [6.45, 7) is 2.67. The summed E-state index contributed by atoms with van der Waals surface area (Å²) in [6.07, 6.45) is 0.929. The van der Waals surface area contributed by atoms with Crippen LogP contribution in [-0.4, -0.2) is 18.4 Å². The van der Waals surface area contributed by atoms with Crippen molar-refractivity contribution in [3.63, 3.8) is 0 Å². The van der Waals surface area contributed by atoms with E-state index in [1.165, 1.54) is 0 Å². The van der Waals surface area contributed by atoms with E-state index in [1.807, 2.05) is 19.1 Å². The fourth-order valence-corrected chi connectivity index (χ4v) is 2.02. The molecule has 0 aliphatic heterocycles. The van der Waals surface area contributed by atoms with Crippen molar-refractivity contribution in [1.82, 2.24) is 0 Å². The number of carbonyl (C=O) groups excluding carboxylic acids is 1. The van der Waals surface area contributed by atoms with Gasteiger partial charge in [-0.25, -0.2) is 4.79 Å². The van der Waals surface area contributed by atoms with Gasteiger partial charge in [-0.2, -0.15) is 0 Å². The number of benzene rings is 2. The molecule has 0 aliphatic carbocycles. The largest absolute Gasteiger partial charge is 0.494 e. The second-order valence-electron chi connectivity index (χ2n) is 4.78. The van der Waals surface area contributed by atoms with Gasteiger partial charge in [0.2, 0.25) is 0 Å². The highest BCUT2D eigenvalue weighted by Gasteiger charge is 2.11. The van der Waals surface area contributed by atoms with Crippen molar-refractivity contribution < 1.29 is 19.5 Å². The average molecular weight is 378 g/mol. The van der Waals surface area contributed by atoms with Gasteiger partial charge in [-0.1, -0.05) is 28.0 Å². The summed E-state index contributed by atoms with van der Waals surface area (Å²) < 4.78 is 6.40. The maximum absolute atomic E-state index is 12.0. The zero-order valence-corrected chi connectivity index (χ0v) is 14.3. The Morgan fingerprint density at radius 3 is 2.30 bits per heavy atom. The van der Waals surface area contributed by atoms with Crippen molar-refractivity contribution >= 4 is 27.7 Å². The van der Waals surface area contributed by atoms with Gasteiger partial charge < -0.3 is 4.74 Å². The molecule has 2 rings (SSSR count). The van der Waals surface area contributed by atoms with Crippen LogP contribution in [0.15, 0.2) is 53.0 Å². The van der Waals surface area contributed by atoms with E-state index in [0.29, 0.717) is 12.2 Å². The average Bonchev–Trinajstić information content (AvgIpc) is 2.58. The molecule has 0 bridgehead atoms. The standard InChI is InChI=1S/C17H17BrN2O3/c1-2-11-22-15-9-5-13(6-10-15)17(21)23-20-16(19)12-3-7-14(18)8-4-12/h3-10H,2,11H2,1H3,(H2,19,20)/p+1. The van der Waals surface area contributed by atoms with Gasteiger partial charge in [0.25, 0.3) is 0 Å². The molecule has 0 spiro atoms. The third-order valence-electron chi connectivity index (χ3n) is 2.97. The summed E-state index contributed by atoms with van der Waals surface area (Å²) in [5, 5.41) is 2.46. The topological polar surface area (TPSA) is 75.5 Å². The van der Waals surface area contributed by atoms with Crippen LogP contribution < -0.4 is 15.6 Å². The van der Waals surface area contributed by atoms with Crippen molar-refractivity contribution in [2.24, 2.45) is 5.73 Å². The van der Waals surface area contributed by atoms with Crippen molar-refractivity contribution in [1.29, 1.82) is 0 Å². The first kappa shape index (κ1) is 17.0.